The molecule has 0 aliphatic carbocycles. The summed E-state index contributed by atoms with van der Waals surface area (Å²) in [6, 6.07) is 9.81. The number of nitrogens with one attached hydrogen (secondary N) is 1. The van der Waals surface area contributed by atoms with Gasteiger partial charge >= 0.3 is 0 Å². The fourth-order valence-corrected chi connectivity index (χ4v) is 0.919. The van der Waals surface area contributed by atoms with Gasteiger partial charge < -0.3 is 5.21 Å². The lowest BCUT2D eigenvalue weighted by Crippen LogP contribution is -2.33. The quantitative estimate of drug-likeness (QED) is 0.697. The first-order valence-corrected chi connectivity index (χ1v) is 3.63. The molecule has 0 fully saturated rings. The predicted molar refractivity (Wildman–Crippen MR) is 51.6 cm³/mol. The number of hydrogen-bond donors (Lipinski definition) is 2. The van der Waals surface area contributed by atoms with Crippen molar-refractivity contribution in [3.05, 3.63) is 35.9 Å². The van der Waals surface area contributed by atoms with Gasteiger partial charge in [0.15, 0.2) is 0 Å². The van der Waals surface area contributed by atoms with Crippen LogP contribution >= 0.6 is 12.4 Å². The second-order valence-electron chi connectivity index (χ2n) is 3.10. The van der Waals surface area contributed by atoms with E-state index >= 15 is 0 Å². The van der Waals surface area contributed by atoms with Crippen molar-refractivity contribution in [2.24, 2.45) is 0 Å². The van der Waals surface area contributed by atoms with E-state index in [1.807, 2.05) is 44.2 Å². The highest BCUT2D eigenvalue weighted by Crippen LogP contribution is 2.17. The van der Waals surface area contributed by atoms with Crippen molar-refractivity contribution in [3.8, 4) is 0 Å². The number of rotatable bonds is 2. The molecule has 0 bridgehead atoms. The van der Waals surface area contributed by atoms with Crippen LogP contribution in [-0.4, -0.2) is 5.21 Å². The Balaban J connectivity index is 0.00000121. The van der Waals surface area contributed by atoms with Gasteiger partial charge in [0.2, 0.25) is 0 Å². The van der Waals surface area contributed by atoms with Gasteiger partial charge in [0.25, 0.3) is 0 Å². The van der Waals surface area contributed by atoms with Crippen LogP contribution in [0.5, 0.6) is 0 Å². The molecule has 3 heteroatoms. The SMILES string of the molecule is CC(C)(NO)c1ccccc1.Cl. The fourth-order valence-electron chi connectivity index (χ4n) is 0.919. The van der Waals surface area contributed by atoms with Gasteiger partial charge in [-0.3, -0.25) is 0 Å². The Kier molecular flexibility index (Phi) is 4.24. The first-order chi connectivity index (χ1) is 5.17. The summed E-state index contributed by atoms with van der Waals surface area (Å²) >= 11 is 0. The molecule has 2 N–H and O–H groups in total. The summed E-state index contributed by atoms with van der Waals surface area (Å²) in [6.45, 7) is 3.84. The van der Waals surface area contributed by atoms with Gasteiger partial charge in [-0.25, -0.2) is 0 Å². The van der Waals surface area contributed by atoms with Crippen molar-refractivity contribution < 1.29 is 5.21 Å². The molecule has 0 aromatic heterocycles. The zero-order chi connectivity index (χ0) is 8.32. The van der Waals surface area contributed by atoms with E-state index in [0.29, 0.717) is 0 Å². The third-order valence-electron chi connectivity index (χ3n) is 1.77. The van der Waals surface area contributed by atoms with E-state index in [0.717, 1.165) is 5.56 Å². The van der Waals surface area contributed by atoms with E-state index in [2.05, 4.69) is 5.48 Å². The fraction of sp³-hybridized carbons (Fsp3) is 0.333. The van der Waals surface area contributed by atoms with Gasteiger partial charge in [0.1, 0.15) is 0 Å². The second kappa shape index (κ2) is 4.45. The van der Waals surface area contributed by atoms with E-state index in [1.54, 1.807) is 0 Å². The molecule has 0 atom stereocenters. The summed E-state index contributed by atoms with van der Waals surface area (Å²) in [6.07, 6.45) is 0. The van der Waals surface area contributed by atoms with Crippen molar-refractivity contribution >= 4 is 12.4 Å². The Morgan fingerprint density at radius 3 is 2.08 bits per heavy atom. The molecule has 0 unspecified atom stereocenters. The second-order valence-corrected chi connectivity index (χ2v) is 3.10. The van der Waals surface area contributed by atoms with Crippen LogP contribution in [-0.2, 0) is 5.54 Å². The average Bonchev–Trinajstić information content (AvgIpc) is 2.06. The summed E-state index contributed by atoms with van der Waals surface area (Å²) in [5, 5.41) is 8.80. The van der Waals surface area contributed by atoms with Gasteiger partial charge in [-0.1, -0.05) is 30.3 Å². The zero-order valence-corrected chi connectivity index (χ0v) is 8.06. The molecular weight excluding hydrogens is 174 g/mol. The van der Waals surface area contributed by atoms with Gasteiger partial charge in [-0.2, -0.15) is 5.48 Å². The van der Waals surface area contributed by atoms with Crippen LogP contribution in [0, 0.1) is 0 Å². The van der Waals surface area contributed by atoms with E-state index in [4.69, 9.17) is 5.21 Å². The molecule has 1 aromatic carbocycles. The molecule has 0 aliphatic heterocycles. The maximum atomic E-state index is 8.80. The zero-order valence-electron chi connectivity index (χ0n) is 7.24. The molecule has 1 aromatic rings. The van der Waals surface area contributed by atoms with Crippen LogP contribution in [0.3, 0.4) is 0 Å². The van der Waals surface area contributed by atoms with Crippen molar-refractivity contribution in [1.29, 1.82) is 0 Å². The third-order valence-corrected chi connectivity index (χ3v) is 1.77. The van der Waals surface area contributed by atoms with Crippen LogP contribution in [0.1, 0.15) is 19.4 Å². The maximum absolute atomic E-state index is 8.80. The van der Waals surface area contributed by atoms with E-state index in [1.165, 1.54) is 0 Å². The molecule has 2 nitrogen and oxygen atoms in total. The lowest BCUT2D eigenvalue weighted by Gasteiger charge is -2.22. The molecule has 68 valence electrons. The third kappa shape index (κ3) is 2.48. The lowest BCUT2D eigenvalue weighted by molar-refractivity contribution is 0.0806. The Morgan fingerprint density at radius 2 is 1.67 bits per heavy atom. The smallest absolute Gasteiger partial charge is 0.0622 e. The average molecular weight is 188 g/mol. The predicted octanol–water partition coefficient (Wildman–Crippen LogP) is 2.32. The highest BCUT2D eigenvalue weighted by Gasteiger charge is 2.17. The normalized spacial score (nSPS) is 10.6. The highest BCUT2D eigenvalue weighted by atomic mass is 35.5. The van der Waals surface area contributed by atoms with Crippen LogP contribution < -0.4 is 5.48 Å². The molecule has 0 amide bonds. The molecule has 0 saturated carbocycles. The summed E-state index contributed by atoms with van der Waals surface area (Å²) in [7, 11) is 0. The molecule has 0 radical (unpaired) electrons. The molecule has 0 aliphatic rings. The lowest BCUT2D eigenvalue weighted by atomic mass is 9.96. The Hall–Kier alpha value is -0.570. The molecule has 12 heavy (non-hydrogen) atoms. The topological polar surface area (TPSA) is 32.3 Å². The van der Waals surface area contributed by atoms with Crippen LogP contribution in [0.25, 0.3) is 0 Å². The van der Waals surface area contributed by atoms with Crippen LogP contribution in [0.2, 0.25) is 0 Å². The highest BCUT2D eigenvalue weighted by molar-refractivity contribution is 5.85. The van der Waals surface area contributed by atoms with Crippen molar-refractivity contribution in [1.82, 2.24) is 5.48 Å². The van der Waals surface area contributed by atoms with Crippen molar-refractivity contribution in [3.63, 3.8) is 0 Å². The van der Waals surface area contributed by atoms with Crippen LogP contribution in [0.15, 0.2) is 30.3 Å². The summed E-state index contributed by atoms with van der Waals surface area (Å²) in [5.74, 6) is 0. The first kappa shape index (κ1) is 11.4. The Labute approximate surface area is 79.0 Å². The first-order valence-electron chi connectivity index (χ1n) is 3.63. The summed E-state index contributed by atoms with van der Waals surface area (Å²) < 4.78 is 0. The Bertz CT molecular complexity index is 223. The summed E-state index contributed by atoms with van der Waals surface area (Å²) in [5.41, 5.74) is 2.97. The molecular formula is C9H14ClNO. The van der Waals surface area contributed by atoms with Gasteiger partial charge in [-0.05, 0) is 19.4 Å². The van der Waals surface area contributed by atoms with Gasteiger partial charge in [-0.15, -0.1) is 12.4 Å². The van der Waals surface area contributed by atoms with Crippen molar-refractivity contribution in [2.45, 2.75) is 19.4 Å². The number of hydrogen-bond acceptors (Lipinski definition) is 2. The van der Waals surface area contributed by atoms with Crippen LogP contribution in [0.4, 0.5) is 0 Å². The van der Waals surface area contributed by atoms with Gasteiger partial charge in [0.05, 0.1) is 5.54 Å². The standard InChI is InChI=1S/C9H13NO.ClH/c1-9(2,10-11)8-6-4-3-5-7-8;/h3-7,10-11H,1-2H3;1H. The largest absolute Gasteiger partial charge is 0.316 e. The Morgan fingerprint density at radius 1 is 1.17 bits per heavy atom. The number of halogens is 1. The van der Waals surface area contributed by atoms with E-state index < -0.39 is 0 Å². The minimum Gasteiger partial charge on any atom is -0.316 e. The van der Waals surface area contributed by atoms with E-state index in [9.17, 15) is 0 Å². The monoisotopic (exact) mass is 187 g/mol. The number of benzene rings is 1. The molecule has 0 spiro atoms. The van der Waals surface area contributed by atoms with Gasteiger partial charge in [0, 0.05) is 0 Å². The van der Waals surface area contributed by atoms with E-state index in [-0.39, 0.29) is 17.9 Å². The summed E-state index contributed by atoms with van der Waals surface area (Å²) in [4.78, 5) is 0. The molecule has 0 saturated heterocycles. The minimum absolute atomic E-state index is 0. The minimum atomic E-state index is -0.360. The van der Waals surface area contributed by atoms with Crippen molar-refractivity contribution in [2.75, 3.05) is 0 Å². The molecule has 0 heterocycles. The maximum Gasteiger partial charge on any atom is 0.0622 e. The molecule has 1 rings (SSSR count). The number of hydroxylamine groups is 1.